The average molecular weight is 160 g/mol. The van der Waals surface area contributed by atoms with Crippen molar-refractivity contribution in [3.8, 4) is 6.07 Å². The maximum absolute atomic E-state index is 8.77. The number of hydrogen-bond donors (Lipinski definition) is 1. The standard InChI is InChI=1S/C10H12N2/c1-7-3-9(5-11)8(2)10(4-7)6-12/h3-4H,5,11H2,1-2H3. The Labute approximate surface area is 72.6 Å². The molecule has 62 valence electrons. The van der Waals surface area contributed by atoms with Crippen molar-refractivity contribution in [1.29, 1.82) is 5.26 Å². The van der Waals surface area contributed by atoms with E-state index in [0.29, 0.717) is 6.54 Å². The molecule has 2 N–H and O–H groups in total. The van der Waals surface area contributed by atoms with Crippen LogP contribution in [-0.4, -0.2) is 0 Å². The molecule has 2 heteroatoms. The topological polar surface area (TPSA) is 49.8 Å². The van der Waals surface area contributed by atoms with Crippen molar-refractivity contribution < 1.29 is 0 Å². The van der Waals surface area contributed by atoms with Crippen LogP contribution in [0.25, 0.3) is 0 Å². The smallest absolute Gasteiger partial charge is 0.0994 e. The summed E-state index contributed by atoms with van der Waals surface area (Å²) in [5.41, 5.74) is 9.43. The highest BCUT2D eigenvalue weighted by Gasteiger charge is 2.02. The summed E-state index contributed by atoms with van der Waals surface area (Å²) in [4.78, 5) is 0. The van der Waals surface area contributed by atoms with Crippen molar-refractivity contribution in [1.82, 2.24) is 0 Å². The molecule has 0 heterocycles. The summed E-state index contributed by atoms with van der Waals surface area (Å²) in [5, 5.41) is 8.77. The number of nitriles is 1. The van der Waals surface area contributed by atoms with Crippen LogP contribution in [0.5, 0.6) is 0 Å². The molecule has 0 saturated carbocycles. The average Bonchev–Trinajstić information content (AvgIpc) is 2.08. The van der Waals surface area contributed by atoms with E-state index in [9.17, 15) is 0 Å². The molecule has 0 saturated heterocycles. The van der Waals surface area contributed by atoms with E-state index in [1.807, 2.05) is 26.0 Å². The number of rotatable bonds is 1. The van der Waals surface area contributed by atoms with E-state index in [-0.39, 0.29) is 0 Å². The minimum atomic E-state index is 0.502. The number of aryl methyl sites for hydroxylation is 1. The van der Waals surface area contributed by atoms with E-state index in [2.05, 4.69) is 6.07 Å². The highest BCUT2D eigenvalue weighted by atomic mass is 14.5. The lowest BCUT2D eigenvalue weighted by Crippen LogP contribution is -2.01. The van der Waals surface area contributed by atoms with E-state index in [0.717, 1.165) is 22.3 Å². The van der Waals surface area contributed by atoms with E-state index < -0.39 is 0 Å². The first-order valence-electron chi connectivity index (χ1n) is 3.89. The Hall–Kier alpha value is -1.33. The highest BCUT2D eigenvalue weighted by Crippen LogP contribution is 2.15. The first kappa shape index (κ1) is 8.76. The summed E-state index contributed by atoms with van der Waals surface area (Å²) in [7, 11) is 0. The fourth-order valence-electron chi connectivity index (χ4n) is 1.26. The van der Waals surface area contributed by atoms with Gasteiger partial charge in [-0.25, -0.2) is 0 Å². The Bertz CT molecular complexity index is 334. The van der Waals surface area contributed by atoms with Gasteiger partial charge in [0.15, 0.2) is 0 Å². The van der Waals surface area contributed by atoms with Crippen LogP contribution < -0.4 is 5.73 Å². The Kier molecular flexibility index (Phi) is 2.47. The molecule has 0 bridgehead atoms. The van der Waals surface area contributed by atoms with Gasteiger partial charge in [0.1, 0.15) is 0 Å². The Morgan fingerprint density at radius 1 is 1.42 bits per heavy atom. The summed E-state index contributed by atoms with van der Waals surface area (Å²) >= 11 is 0. The van der Waals surface area contributed by atoms with Gasteiger partial charge in [0.05, 0.1) is 11.6 Å². The third kappa shape index (κ3) is 1.46. The van der Waals surface area contributed by atoms with Crippen LogP contribution in [0.3, 0.4) is 0 Å². The van der Waals surface area contributed by atoms with Crippen LogP contribution in [0.4, 0.5) is 0 Å². The zero-order valence-corrected chi connectivity index (χ0v) is 7.39. The molecule has 1 rings (SSSR count). The Morgan fingerprint density at radius 2 is 2.08 bits per heavy atom. The van der Waals surface area contributed by atoms with Crippen LogP contribution >= 0.6 is 0 Å². The van der Waals surface area contributed by atoms with Crippen LogP contribution in [0.1, 0.15) is 22.3 Å². The first-order chi connectivity index (χ1) is 5.69. The first-order valence-corrected chi connectivity index (χ1v) is 3.89. The molecule has 0 fully saturated rings. The molecule has 12 heavy (non-hydrogen) atoms. The zero-order chi connectivity index (χ0) is 9.14. The molecule has 0 spiro atoms. The number of nitrogens with two attached hydrogens (primary N) is 1. The molecule has 0 radical (unpaired) electrons. The second kappa shape index (κ2) is 3.38. The van der Waals surface area contributed by atoms with Crippen LogP contribution in [0, 0.1) is 25.2 Å². The van der Waals surface area contributed by atoms with E-state index >= 15 is 0 Å². The lowest BCUT2D eigenvalue weighted by Gasteiger charge is -2.05. The van der Waals surface area contributed by atoms with Gasteiger partial charge in [-0.15, -0.1) is 0 Å². The van der Waals surface area contributed by atoms with Gasteiger partial charge in [0.25, 0.3) is 0 Å². The summed E-state index contributed by atoms with van der Waals surface area (Å²) in [5.74, 6) is 0. The molecule has 0 atom stereocenters. The van der Waals surface area contributed by atoms with Gasteiger partial charge in [-0.2, -0.15) is 5.26 Å². The van der Waals surface area contributed by atoms with Gasteiger partial charge in [-0.05, 0) is 36.6 Å². The van der Waals surface area contributed by atoms with Crippen molar-refractivity contribution in [3.05, 3.63) is 34.4 Å². The molecule has 1 aromatic rings. The van der Waals surface area contributed by atoms with E-state index in [1.165, 1.54) is 0 Å². The van der Waals surface area contributed by atoms with Gasteiger partial charge in [0, 0.05) is 6.54 Å². The molecule has 0 aliphatic heterocycles. The number of hydrogen-bond acceptors (Lipinski definition) is 2. The van der Waals surface area contributed by atoms with Crippen LogP contribution in [-0.2, 0) is 6.54 Å². The fourth-order valence-corrected chi connectivity index (χ4v) is 1.26. The van der Waals surface area contributed by atoms with Gasteiger partial charge >= 0.3 is 0 Å². The molecular formula is C10H12N2. The van der Waals surface area contributed by atoms with E-state index in [4.69, 9.17) is 11.0 Å². The SMILES string of the molecule is Cc1cc(C#N)c(C)c(CN)c1. The van der Waals surface area contributed by atoms with Crippen molar-refractivity contribution in [2.45, 2.75) is 20.4 Å². The van der Waals surface area contributed by atoms with Gasteiger partial charge < -0.3 is 5.73 Å². The van der Waals surface area contributed by atoms with Crippen molar-refractivity contribution >= 4 is 0 Å². The third-order valence-corrected chi connectivity index (χ3v) is 2.00. The summed E-state index contributed by atoms with van der Waals surface area (Å²) < 4.78 is 0. The van der Waals surface area contributed by atoms with Gasteiger partial charge in [0.2, 0.25) is 0 Å². The molecule has 0 aliphatic carbocycles. The minimum Gasteiger partial charge on any atom is -0.326 e. The van der Waals surface area contributed by atoms with Crippen molar-refractivity contribution in [3.63, 3.8) is 0 Å². The monoisotopic (exact) mass is 160 g/mol. The van der Waals surface area contributed by atoms with Gasteiger partial charge in [-0.1, -0.05) is 6.07 Å². The maximum atomic E-state index is 8.77. The minimum absolute atomic E-state index is 0.502. The zero-order valence-electron chi connectivity index (χ0n) is 7.39. The number of benzene rings is 1. The van der Waals surface area contributed by atoms with Crippen molar-refractivity contribution in [2.24, 2.45) is 5.73 Å². The van der Waals surface area contributed by atoms with Crippen LogP contribution in [0.15, 0.2) is 12.1 Å². The number of nitrogens with zero attached hydrogens (tertiary/aromatic N) is 1. The second-order valence-corrected chi connectivity index (χ2v) is 2.91. The highest BCUT2D eigenvalue weighted by molar-refractivity contribution is 5.44. The summed E-state index contributed by atoms with van der Waals surface area (Å²) in [6.07, 6.45) is 0. The van der Waals surface area contributed by atoms with Crippen molar-refractivity contribution in [2.75, 3.05) is 0 Å². The summed E-state index contributed by atoms with van der Waals surface area (Å²) in [6, 6.07) is 6.06. The molecular weight excluding hydrogens is 148 g/mol. The molecule has 0 unspecified atom stereocenters. The molecule has 0 aromatic heterocycles. The predicted molar refractivity (Wildman–Crippen MR) is 48.5 cm³/mol. The quantitative estimate of drug-likeness (QED) is 0.678. The molecule has 1 aromatic carbocycles. The Balaban J connectivity index is 3.34. The molecule has 2 nitrogen and oxygen atoms in total. The maximum Gasteiger partial charge on any atom is 0.0994 e. The predicted octanol–water partition coefficient (Wildman–Crippen LogP) is 1.63. The van der Waals surface area contributed by atoms with E-state index in [1.54, 1.807) is 0 Å². The lowest BCUT2D eigenvalue weighted by molar-refractivity contribution is 1.04. The second-order valence-electron chi connectivity index (χ2n) is 2.91. The molecule has 0 amide bonds. The molecule has 0 aliphatic rings. The normalized spacial score (nSPS) is 9.50. The van der Waals surface area contributed by atoms with Crippen LogP contribution in [0.2, 0.25) is 0 Å². The fraction of sp³-hybridized carbons (Fsp3) is 0.300. The largest absolute Gasteiger partial charge is 0.326 e. The van der Waals surface area contributed by atoms with Gasteiger partial charge in [-0.3, -0.25) is 0 Å². The lowest BCUT2D eigenvalue weighted by atomic mass is 10.0. The third-order valence-electron chi connectivity index (χ3n) is 2.00. The summed E-state index contributed by atoms with van der Waals surface area (Å²) in [6.45, 7) is 4.40. The Morgan fingerprint density at radius 3 is 2.58 bits per heavy atom.